The van der Waals surface area contributed by atoms with Gasteiger partial charge in [0.15, 0.2) is 5.13 Å². The number of amides is 2. The van der Waals surface area contributed by atoms with Gasteiger partial charge in [-0.1, -0.05) is 29.0 Å². The molecule has 1 aliphatic rings. The van der Waals surface area contributed by atoms with Crippen LogP contribution in [0.25, 0.3) is 10.2 Å². The highest BCUT2D eigenvalue weighted by atomic mass is 35.5. The standard InChI is InChI=1S/C20H18ClN3O3S/c1-11-3-4-13(8-15(11)21)24-10-12(7-18(24)25)19(26)23-20-22-16-6-5-14(27-2)9-17(16)28-20/h3-6,8-9,12H,7,10H2,1-2H3,(H,22,23,26)/t12-/m0/s1. The smallest absolute Gasteiger partial charge is 0.231 e. The number of hydrogen-bond donors (Lipinski definition) is 1. The molecule has 0 saturated carbocycles. The molecule has 1 fully saturated rings. The van der Waals surface area contributed by atoms with Crippen molar-refractivity contribution in [3.8, 4) is 5.75 Å². The number of aromatic nitrogens is 1. The summed E-state index contributed by atoms with van der Waals surface area (Å²) in [5.41, 5.74) is 2.45. The minimum Gasteiger partial charge on any atom is -0.497 e. The molecule has 0 spiro atoms. The van der Waals surface area contributed by atoms with Crippen molar-refractivity contribution in [3.05, 3.63) is 47.0 Å². The fourth-order valence-corrected chi connectivity index (χ4v) is 4.25. The van der Waals surface area contributed by atoms with Gasteiger partial charge in [-0.3, -0.25) is 9.59 Å². The van der Waals surface area contributed by atoms with Gasteiger partial charge < -0.3 is 15.0 Å². The Morgan fingerprint density at radius 2 is 2.14 bits per heavy atom. The lowest BCUT2D eigenvalue weighted by atomic mass is 10.1. The molecule has 28 heavy (non-hydrogen) atoms. The number of carbonyl (C=O) groups is 2. The van der Waals surface area contributed by atoms with E-state index >= 15 is 0 Å². The molecule has 1 aromatic heterocycles. The van der Waals surface area contributed by atoms with E-state index in [2.05, 4.69) is 10.3 Å². The first-order valence-electron chi connectivity index (χ1n) is 8.76. The quantitative estimate of drug-likeness (QED) is 0.691. The molecular weight excluding hydrogens is 398 g/mol. The molecule has 0 radical (unpaired) electrons. The molecule has 3 aromatic rings. The van der Waals surface area contributed by atoms with E-state index < -0.39 is 5.92 Å². The number of carbonyl (C=O) groups excluding carboxylic acids is 2. The average Bonchev–Trinajstić information content (AvgIpc) is 3.26. The van der Waals surface area contributed by atoms with Crippen LogP contribution in [0.5, 0.6) is 5.75 Å². The number of hydrogen-bond acceptors (Lipinski definition) is 5. The molecule has 6 nitrogen and oxygen atoms in total. The lowest BCUT2D eigenvalue weighted by molar-refractivity contribution is -0.122. The van der Waals surface area contributed by atoms with Crippen molar-refractivity contribution in [2.45, 2.75) is 13.3 Å². The molecule has 0 bridgehead atoms. The second kappa shape index (κ2) is 7.41. The third kappa shape index (κ3) is 3.55. The summed E-state index contributed by atoms with van der Waals surface area (Å²) >= 11 is 7.55. The Hall–Kier alpha value is -2.64. The molecule has 2 amide bonds. The molecule has 0 unspecified atom stereocenters. The Morgan fingerprint density at radius 1 is 1.32 bits per heavy atom. The maximum Gasteiger partial charge on any atom is 0.231 e. The minimum absolute atomic E-state index is 0.0888. The van der Waals surface area contributed by atoms with Gasteiger partial charge in [0, 0.05) is 23.7 Å². The average molecular weight is 416 g/mol. The summed E-state index contributed by atoms with van der Waals surface area (Å²) in [6.07, 6.45) is 0.163. The Morgan fingerprint density at radius 3 is 2.89 bits per heavy atom. The van der Waals surface area contributed by atoms with E-state index in [0.29, 0.717) is 22.4 Å². The van der Waals surface area contributed by atoms with Crippen molar-refractivity contribution in [2.75, 3.05) is 23.9 Å². The summed E-state index contributed by atoms with van der Waals surface area (Å²) in [7, 11) is 1.61. The summed E-state index contributed by atoms with van der Waals surface area (Å²) in [4.78, 5) is 31.2. The number of methoxy groups -OCH3 is 1. The molecule has 2 aromatic carbocycles. The first-order valence-corrected chi connectivity index (χ1v) is 9.96. The fourth-order valence-electron chi connectivity index (χ4n) is 3.18. The lowest BCUT2D eigenvalue weighted by Gasteiger charge is -2.17. The van der Waals surface area contributed by atoms with Gasteiger partial charge >= 0.3 is 0 Å². The van der Waals surface area contributed by atoms with Gasteiger partial charge in [-0.05, 0) is 42.8 Å². The highest BCUT2D eigenvalue weighted by molar-refractivity contribution is 7.22. The van der Waals surface area contributed by atoms with Crippen LogP contribution in [0.2, 0.25) is 5.02 Å². The van der Waals surface area contributed by atoms with Gasteiger partial charge in [0.25, 0.3) is 0 Å². The molecule has 8 heteroatoms. The van der Waals surface area contributed by atoms with E-state index in [0.717, 1.165) is 21.5 Å². The Bertz CT molecular complexity index is 1080. The van der Waals surface area contributed by atoms with Gasteiger partial charge in [0.1, 0.15) is 5.75 Å². The van der Waals surface area contributed by atoms with Crippen LogP contribution in [0.15, 0.2) is 36.4 Å². The first-order chi connectivity index (χ1) is 13.4. The number of benzene rings is 2. The molecule has 4 rings (SSSR count). The first kappa shape index (κ1) is 18.7. The topological polar surface area (TPSA) is 71.5 Å². The van der Waals surface area contributed by atoms with Gasteiger partial charge in [-0.2, -0.15) is 0 Å². The number of halogens is 1. The van der Waals surface area contributed by atoms with Crippen molar-refractivity contribution in [2.24, 2.45) is 5.92 Å². The Kier molecular flexibility index (Phi) is 4.95. The van der Waals surface area contributed by atoms with Crippen LogP contribution in [0.4, 0.5) is 10.8 Å². The fraction of sp³-hybridized carbons (Fsp3) is 0.250. The van der Waals surface area contributed by atoms with E-state index in [4.69, 9.17) is 16.3 Å². The molecule has 1 N–H and O–H groups in total. The van der Waals surface area contributed by atoms with E-state index in [1.165, 1.54) is 11.3 Å². The summed E-state index contributed by atoms with van der Waals surface area (Å²) in [6, 6.07) is 11.0. The number of fused-ring (bicyclic) bond motifs is 1. The zero-order chi connectivity index (χ0) is 19.8. The second-order valence-corrected chi connectivity index (χ2v) is 8.12. The number of aryl methyl sites for hydroxylation is 1. The molecule has 2 heterocycles. The third-order valence-corrected chi connectivity index (χ3v) is 6.13. The summed E-state index contributed by atoms with van der Waals surface area (Å²) in [5.74, 6) is 0.00568. The van der Waals surface area contributed by atoms with Crippen LogP contribution in [0, 0.1) is 12.8 Å². The minimum atomic E-state index is -0.436. The van der Waals surface area contributed by atoms with Crippen LogP contribution in [-0.2, 0) is 9.59 Å². The monoisotopic (exact) mass is 415 g/mol. The zero-order valence-corrected chi connectivity index (χ0v) is 16.9. The molecule has 1 aliphatic heterocycles. The largest absolute Gasteiger partial charge is 0.497 e. The Balaban J connectivity index is 1.48. The van der Waals surface area contributed by atoms with Crippen molar-refractivity contribution >= 4 is 55.8 Å². The normalized spacial score (nSPS) is 16.6. The van der Waals surface area contributed by atoms with E-state index in [1.54, 1.807) is 18.1 Å². The maximum atomic E-state index is 12.7. The number of thiazole rings is 1. The van der Waals surface area contributed by atoms with Gasteiger partial charge in [0.2, 0.25) is 11.8 Å². The van der Waals surface area contributed by atoms with E-state index in [9.17, 15) is 9.59 Å². The van der Waals surface area contributed by atoms with E-state index in [1.807, 2.05) is 37.3 Å². The number of anilines is 2. The molecule has 1 saturated heterocycles. The molecule has 1 atom stereocenters. The summed E-state index contributed by atoms with van der Waals surface area (Å²) in [6.45, 7) is 2.23. The molecule has 0 aliphatic carbocycles. The second-order valence-electron chi connectivity index (χ2n) is 6.68. The van der Waals surface area contributed by atoms with Gasteiger partial charge in [-0.25, -0.2) is 4.98 Å². The van der Waals surface area contributed by atoms with Crippen molar-refractivity contribution < 1.29 is 14.3 Å². The predicted molar refractivity (Wildman–Crippen MR) is 111 cm³/mol. The number of ether oxygens (including phenoxy) is 1. The summed E-state index contributed by atoms with van der Waals surface area (Å²) < 4.78 is 6.14. The molecular formula is C20H18ClN3O3S. The van der Waals surface area contributed by atoms with Crippen LogP contribution in [-0.4, -0.2) is 30.5 Å². The third-order valence-electron chi connectivity index (χ3n) is 4.79. The highest BCUT2D eigenvalue weighted by Gasteiger charge is 2.35. The van der Waals surface area contributed by atoms with Crippen molar-refractivity contribution in [1.29, 1.82) is 0 Å². The number of rotatable bonds is 4. The van der Waals surface area contributed by atoms with Gasteiger partial charge in [0.05, 0.1) is 23.2 Å². The highest BCUT2D eigenvalue weighted by Crippen LogP contribution is 2.32. The molecule has 144 valence electrons. The lowest BCUT2D eigenvalue weighted by Crippen LogP contribution is -2.28. The number of nitrogens with zero attached hydrogens (tertiary/aromatic N) is 2. The van der Waals surface area contributed by atoms with E-state index in [-0.39, 0.29) is 18.2 Å². The summed E-state index contributed by atoms with van der Waals surface area (Å²) in [5, 5.41) is 3.96. The predicted octanol–water partition coefficient (Wildman–Crippen LogP) is 4.26. The number of nitrogens with one attached hydrogen (secondary N) is 1. The Labute approximate surface area is 171 Å². The zero-order valence-electron chi connectivity index (χ0n) is 15.4. The van der Waals surface area contributed by atoms with Crippen LogP contribution >= 0.6 is 22.9 Å². The van der Waals surface area contributed by atoms with Crippen molar-refractivity contribution in [1.82, 2.24) is 4.98 Å². The van der Waals surface area contributed by atoms with Crippen LogP contribution in [0.1, 0.15) is 12.0 Å². The van der Waals surface area contributed by atoms with Gasteiger partial charge in [-0.15, -0.1) is 0 Å². The SMILES string of the molecule is COc1ccc2nc(NC(=O)[C@H]3CC(=O)N(c4ccc(C)c(Cl)c4)C3)sc2c1. The van der Waals surface area contributed by atoms with Crippen LogP contribution < -0.4 is 15.0 Å². The van der Waals surface area contributed by atoms with Crippen LogP contribution in [0.3, 0.4) is 0 Å². The van der Waals surface area contributed by atoms with Crippen molar-refractivity contribution in [3.63, 3.8) is 0 Å². The maximum absolute atomic E-state index is 12.7.